The highest BCUT2D eigenvalue weighted by molar-refractivity contribution is 5.23. The molecule has 0 amide bonds. The largest absolute Gasteiger partial charge is 0.307 e. The van der Waals surface area contributed by atoms with Crippen LogP contribution in [0.5, 0.6) is 0 Å². The lowest BCUT2D eigenvalue weighted by molar-refractivity contribution is 0.191. The van der Waals surface area contributed by atoms with Crippen molar-refractivity contribution in [3.05, 3.63) is 35.4 Å². The van der Waals surface area contributed by atoms with Crippen molar-refractivity contribution in [3.63, 3.8) is 0 Å². The van der Waals surface area contributed by atoms with E-state index in [4.69, 9.17) is 0 Å². The minimum atomic E-state index is 0.462. The molecule has 18 heavy (non-hydrogen) atoms. The smallest absolute Gasteiger partial charge is 0.0294 e. The number of rotatable bonds is 3. The molecule has 100 valence electrons. The highest BCUT2D eigenvalue weighted by Gasteiger charge is 2.28. The fourth-order valence-corrected chi connectivity index (χ4v) is 3.15. The van der Waals surface area contributed by atoms with Gasteiger partial charge in [-0.15, -0.1) is 0 Å². The van der Waals surface area contributed by atoms with Crippen LogP contribution in [0.1, 0.15) is 63.6 Å². The predicted molar refractivity (Wildman–Crippen MR) is 78.8 cm³/mol. The van der Waals surface area contributed by atoms with Gasteiger partial charge in [0.15, 0.2) is 0 Å². The normalized spacial score (nSPS) is 24.8. The Kier molecular flexibility index (Phi) is 4.11. The minimum absolute atomic E-state index is 0.462. The molecule has 0 spiro atoms. The lowest BCUT2D eigenvalue weighted by atomic mass is 9.75. The zero-order valence-corrected chi connectivity index (χ0v) is 12.3. The van der Waals surface area contributed by atoms with Gasteiger partial charge in [-0.05, 0) is 44.1 Å². The summed E-state index contributed by atoms with van der Waals surface area (Å²) in [4.78, 5) is 0. The van der Waals surface area contributed by atoms with Gasteiger partial charge in [0.05, 0.1) is 0 Å². The Hall–Kier alpha value is -0.820. The molecule has 1 aliphatic carbocycles. The zero-order valence-electron chi connectivity index (χ0n) is 12.3. The lowest BCUT2D eigenvalue weighted by Gasteiger charge is -2.37. The van der Waals surface area contributed by atoms with Crippen molar-refractivity contribution >= 4 is 0 Å². The van der Waals surface area contributed by atoms with Crippen LogP contribution < -0.4 is 5.32 Å². The van der Waals surface area contributed by atoms with Gasteiger partial charge in [0, 0.05) is 12.1 Å². The molecule has 1 aliphatic rings. The molecule has 1 heteroatoms. The maximum absolute atomic E-state index is 3.81. The van der Waals surface area contributed by atoms with Crippen LogP contribution in [0.4, 0.5) is 0 Å². The summed E-state index contributed by atoms with van der Waals surface area (Å²) in [5.41, 5.74) is 3.26. The van der Waals surface area contributed by atoms with E-state index < -0.39 is 0 Å². The average Bonchev–Trinajstić information content (AvgIpc) is 2.28. The first-order valence-corrected chi connectivity index (χ1v) is 7.29. The summed E-state index contributed by atoms with van der Waals surface area (Å²) in [5.74, 6) is 0. The molecule has 1 fully saturated rings. The van der Waals surface area contributed by atoms with Gasteiger partial charge in [0.2, 0.25) is 0 Å². The Morgan fingerprint density at radius 3 is 2.50 bits per heavy atom. The second kappa shape index (κ2) is 5.44. The van der Waals surface area contributed by atoms with E-state index in [1.165, 1.54) is 36.8 Å². The summed E-state index contributed by atoms with van der Waals surface area (Å²) >= 11 is 0. The summed E-state index contributed by atoms with van der Waals surface area (Å²) in [6, 6.07) is 10.1. The first-order valence-electron chi connectivity index (χ1n) is 7.29. The minimum Gasteiger partial charge on any atom is -0.307 e. The first-order chi connectivity index (χ1) is 8.46. The molecular weight excluding hydrogens is 218 g/mol. The monoisotopic (exact) mass is 245 g/mol. The Labute approximate surface area is 112 Å². The Morgan fingerprint density at radius 1 is 1.22 bits per heavy atom. The predicted octanol–water partition coefficient (Wildman–Crippen LogP) is 4.61. The molecule has 0 heterocycles. The number of hydrogen-bond donors (Lipinski definition) is 1. The Morgan fingerprint density at radius 2 is 1.89 bits per heavy atom. The zero-order chi connectivity index (χ0) is 13.2. The van der Waals surface area contributed by atoms with Crippen LogP contribution in [0.15, 0.2) is 24.3 Å². The van der Waals surface area contributed by atoms with E-state index in [0.29, 0.717) is 17.5 Å². The molecule has 1 unspecified atom stereocenters. The van der Waals surface area contributed by atoms with Gasteiger partial charge in [-0.3, -0.25) is 0 Å². The standard InChI is InChI=1S/C17H27N/c1-13-7-9-15(10-8-13)14(2)18-16-6-5-11-17(3,4)12-16/h7-10,14,16,18H,5-6,11-12H2,1-4H3/t14-,16?/m0/s1. The molecule has 1 nitrogen and oxygen atoms in total. The first kappa shape index (κ1) is 13.6. The van der Waals surface area contributed by atoms with Crippen molar-refractivity contribution in [2.75, 3.05) is 0 Å². The van der Waals surface area contributed by atoms with Crippen LogP contribution in [0.3, 0.4) is 0 Å². The van der Waals surface area contributed by atoms with Crippen LogP contribution >= 0.6 is 0 Å². The number of aryl methyl sites for hydroxylation is 1. The van der Waals surface area contributed by atoms with Crippen LogP contribution in [-0.2, 0) is 0 Å². The highest BCUT2D eigenvalue weighted by Crippen LogP contribution is 2.35. The fraction of sp³-hybridized carbons (Fsp3) is 0.647. The molecule has 0 saturated heterocycles. The van der Waals surface area contributed by atoms with E-state index in [1.807, 2.05) is 0 Å². The summed E-state index contributed by atoms with van der Waals surface area (Å²) in [6.07, 6.45) is 5.39. The molecule has 0 radical (unpaired) electrons. The van der Waals surface area contributed by atoms with Crippen molar-refractivity contribution in [2.45, 2.75) is 65.5 Å². The summed E-state index contributed by atoms with van der Waals surface area (Å²) in [7, 11) is 0. The van der Waals surface area contributed by atoms with E-state index in [1.54, 1.807) is 0 Å². The molecular formula is C17H27N. The second-order valence-corrected chi connectivity index (χ2v) is 6.76. The molecule has 0 bridgehead atoms. The quantitative estimate of drug-likeness (QED) is 0.819. The van der Waals surface area contributed by atoms with E-state index in [2.05, 4.69) is 57.3 Å². The third-order valence-corrected chi connectivity index (χ3v) is 4.27. The molecule has 2 atom stereocenters. The van der Waals surface area contributed by atoms with Crippen molar-refractivity contribution in [1.82, 2.24) is 5.32 Å². The highest BCUT2D eigenvalue weighted by atomic mass is 14.9. The van der Waals surface area contributed by atoms with Gasteiger partial charge in [0.25, 0.3) is 0 Å². The molecule has 1 saturated carbocycles. The Balaban J connectivity index is 1.94. The SMILES string of the molecule is Cc1ccc([C@H](C)NC2CCCC(C)(C)C2)cc1. The lowest BCUT2D eigenvalue weighted by Crippen LogP contribution is -2.38. The van der Waals surface area contributed by atoms with Gasteiger partial charge in [0.1, 0.15) is 0 Å². The van der Waals surface area contributed by atoms with Crippen LogP contribution in [0.2, 0.25) is 0 Å². The second-order valence-electron chi connectivity index (χ2n) is 6.76. The van der Waals surface area contributed by atoms with Crippen LogP contribution in [0.25, 0.3) is 0 Å². The van der Waals surface area contributed by atoms with Gasteiger partial charge in [-0.2, -0.15) is 0 Å². The third kappa shape index (κ3) is 3.58. The Bertz CT molecular complexity index is 377. The van der Waals surface area contributed by atoms with Crippen molar-refractivity contribution in [2.24, 2.45) is 5.41 Å². The van der Waals surface area contributed by atoms with Crippen molar-refractivity contribution < 1.29 is 0 Å². The van der Waals surface area contributed by atoms with Gasteiger partial charge < -0.3 is 5.32 Å². The van der Waals surface area contributed by atoms with E-state index in [9.17, 15) is 0 Å². The molecule has 2 rings (SSSR count). The van der Waals surface area contributed by atoms with Crippen LogP contribution in [-0.4, -0.2) is 6.04 Å². The molecule has 1 aromatic rings. The molecule has 1 N–H and O–H groups in total. The average molecular weight is 245 g/mol. The number of nitrogens with one attached hydrogen (secondary N) is 1. The molecule has 0 aliphatic heterocycles. The van der Waals surface area contributed by atoms with Crippen LogP contribution in [0, 0.1) is 12.3 Å². The molecule has 1 aromatic carbocycles. The number of hydrogen-bond acceptors (Lipinski definition) is 1. The van der Waals surface area contributed by atoms with Gasteiger partial charge >= 0.3 is 0 Å². The summed E-state index contributed by atoms with van der Waals surface area (Å²) in [6.45, 7) is 9.23. The third-order valence-electron chi connectivity index (χ3n) is 4.27. The van der Waals surface area contributed by atoms with E-state index in [0.717, 1.165) is 0 Å². The van der Waals surface area contributed by atoms with Crippen molar-refractivity contribution in [1.29, 1.82) is 0 Å². The summed E-state index contributed by atoms with van der Waals surface area (Å²) in [5, 5.41) is 3.81. The number of benzene rings is 1. The van der Waals surface area contributed by atoms with Crippen molar-refractivity contribution in [3.8, 4) is 0 Å². The fourth-order valence-electron chi connectivity index (χ4n) is 3.15. The van der Waals surface area contributed by atoms with Gasteiger partial charge in [-0.25, -0.2) is 0 Å². The van der Waals surface area contributed by atoms with E-state index in [-0.39, 0.29) is 0 Å². The maximum Gasteiger partial charge on any atom is 0.0294 e. The summed E-state index contributed by atoms with van der Waals surface area (Å²) < 4.78 is 0. The van der Waals surface area contributed by atoms with E-state index >= 15 is 0 Å². The maximum atomic E-state index is 3.81. The molecule has 0 aromatic heterocycles. The topological polar surface area (TPSA) is 12.0 Å². The van der Waals surface area contributed by atoms with Gasteiger partial charge in [-0.1, -0.05) is 50.1 Å².